The van der Waals surface area contributed by atoms with Crippen molar-refractivity contribution >= 4 is 0 Å². The lowest BCUT2D eigenvalue weighted by Gasteiger charge is -2.03. The summed E-state index contributed by atoms with van der Waals surface area (Å²) in [5.41, 5.74) is 10.8. The quantitative estimate of drug-likeness (QED) is 0.501. The molecule has 0 rings (SSSR count). The van der Waals surface area contributed by atoms with Gasteiger partial charge in [-0.2, -0.15) is 0 Å². The third-order valence-corrected chi connectivity index (χ3v) is 2.24. The summed E-state index contributed by atoms with van der Waals surface area (Å²) in [5, 5.41) is 0. The average molecular weight is 202 g/mol. The van der Waals surface area contributed by atoms with Gasteiger partial charge in [0, 0.05) is 13.2 Å². The van der Waals surface area contributed by atoms with E-state index in [1.165, 1.54) is 25.7 Å². The van der Waals surface area contributed by atoms with Gasteiger partial charge in [0.1, 0.15) is 0 Å². The van der Waals surface area contributed by atoms with Crippen LogP contribution in [0, 0.1) is 0 Å². The minimum absolute atomic E-state index is 0.805. The average Bonchev–Trinajstić information content (AvgIpc) is 2.21. The van der Waals surface area contributed by atoms with Crippen molar-refractivity contribution < 1.29 is 4.74 Å². The first-order valence-electron chi connectivity index (χ1n) is 5.89. The van der Waals surface area contributed by atoms with Gasteiger partial charge in [0.25, 0.3) is 0 Å². The molecule has 0 unspecified atom stereocenters. The molecule has 0 heterocycles. The van der Waals surface area contributed by atoms with E-state index in [-0.39, 0.29) is 0 Å². The fourth-order valence-corrected chi connectivity index (χ4v) is 1.33. The Morgan fingerprint density at radius 1 is 0.571 bits per heavy atom. The van der Waals surface area contributed by atoms with Gasteiger partial charge in [-0.25, -0.2) is 0 Å². The Bertz CT molecular complexity index is 87.3. The van der Waals surface area contributed by atoms with E-state index < -0.39 is 0 Å². The van der Waals surface area contributed by atoms with E-state index >= 15 is 0 Å². The standard InChI is InChI=1S/C11H26N2O/c12-8-4-1-2-6-10-14-11-7-3-5-9-13/h1-13H2. The molecule has 0 aromatic rings. The number of nitrogens with two attached hydrogens (primary N) is 2. The van der Waals surface area contributed by atoms with Crippen molar-refractivity contribution in [2.24, 2.45) is 11.5 Å². The Labute approximate surface area is 88.2 Å². The van der Waals surface area contributed by atoms with Crippen LogP contribution in [0.1, 0.15) is 44.9 Å². The highest BCUT2D eigenvalue weighted by atomic mass is 16.5. The molecule has 0 bridgehead atoms. The van der Waals surface area contributed by atoms with Crippen molar-refractivity contribution in [1.82, 2.24) is 0 Å². The van der Waals surface area contributed by atoms with Crippen LogP contribution >= 0.6 is 0 Å². The molecule has 0 saturated carbocycles. The van der Waals surface area contributed by atoms with Crippen LogP contribution in [0.15, 0.2) is 0 Å². The predicted molar refractivity (Wildman–Crippen MR) is 61.2 cm³/mol. The van der Waals surface area contributed by atoms with Gasteiger partial charge in [-0.05, 0) is 45.2 Å². The van der Waals surface area contributed by atoms with Crippen LogP contribution in [0.4, 0.5) is 0 Å². The second-order valence-electron chi connectivity index (χ2n) is 3.66. The largest absolute Gasteiger partial charge is 0.381 e. The van der Waals surface area contributed by atoms with Gasteiger partial charge in [-0.3, -0.25) is 0 Å². The van der Waals surface area contributed by atoms with E-state index in [1.54, 1.807) is 0 Å². The normalized spacial score (nSPS) is 10.7. The van der Waals surface area contributed by atoms with E-state index in [0.29, 0.717) is 0 Å². The molecule has 0 atom stereocenters. The van der Waals surface area contributed by atoms with Crippen molar-refractivity contribution in [1.29, 1.82) is 0 Å². The van der Waals surface area contributed by atoms with E-state index in [0.717, 1.165) is 45.6 Å². The molecule has 14 heavy (non-hydrogen) atoms. The summed E-state index contributed by atoms with van der Waals surface area (Å²) in [5.74, 6) is 0. The number of rotatable bonds is 11. The lowest BCUT2D eigenvalue weighted by molar-refractivity contribution is 0.126. The highest BCUT2D eigenvalue weighted by molar-refractivity contribution is 4.44. The molecule has 86 valence electrons. The number of ether oxygens (including phenoxy) is 1. The van der Waals surface area contributed by atoms with Gasteiger partial charge in [-0.15, -0.1) is 0 Å². The van der Waals surface area contributed by atoms with Crippen molar-refractivity contribution in [3.05, 3.63) is 0 Å². The Hall–Kier alpha value is -0.120. The third kappa shape index (κ3) is 11.9. The van der Waals surface area contributed by atoms with Crippen molar-refractivity contribution in [2.75, 3.05) is 26.3 Å². The summed E-state index contributed by atoms with van der Waals surface area (Å²) in [4.78, 5) is 0. The van der Waals surface area contributed by atoms with Crippen LogP contribution < -0.4 is 11.5 Å². The molecular weight excluding hydrogens is 176 g/mol. The maximum Gasteiger partial charge on any atom is 0.0466 e. The first-order chi connectivity index (χ1) is 6.91. The summed E-state index contributed by atoms with van der Waals surface area (Å²) in [6.07, 6.45) is 8.30. The highest BCUT2D eigenvalue weighted by Crippen LogP contribution is 2.00. The molecule has 0 saturated heterocycles. The van der Waals surface area contributed by atoms with Gasteiger partial charge >= 0.3 is 0 Å². The van der Waals surface area contributed by atoms with Crippen molar-refractivity contribution in [3.63, 3.8) is 0 Å². The SMILES string of the molecule is NCCCCCCOCCCCCN. The fraction of sp³-hybridized carbons (Fsp3) is 1.00. The molecular formula is C11H26N2O. The fourth-order valence-electron chi connectivity index (χ4n) is 1.33. The van der Waals surface area contributed by atoms with Crippen LogP contribution in [0.5, 0.6) is 0 Å². The van der Waals surface area contributed by atoms with Crippen LogP contribution in [0.25, 0.3) is 0 Å². The molecule has 0 amide bonds. The summed E-state index contributed by atoms with van der Waals surface area (Å²) >= 11 is 0. The van der Waals surface area contributed by atoms with Crippen LogP contribution in [0.2, 0.25) is 0 Å². The van der Waals surface area contributed by atoms with Gasteiger partial charge in [0.2, 0.25) is 0 Å². The topological polar surface area (TPSA) is 61.3 Å². The summed E-state index contributed by atoms with van der Waals surface area (Å²) < 4.78 is 5.49. The number of hydrogen-bond donors (Lipinski definition) is 2. The van der Waals surface area contributed by atoms with E-state index in [2.05, 4.69) is 0 Å². The molecule has 3 nitrogen and oxygen atoms in total. The van der Waals surface area contributed by atoms with E-state index in [1.807, 2.05) is 0 Å². The Morgan fingerprint density at radius 2 is 1.00 bits per heavy atom. The summed E-state index contributed by atoms with van der Waals surface area (Å²) in [6, 6.07) is 0. The van der Waals surface area contributed by atoms with Crippen molar-refractivity contribution in [2.45, 2.75) is 44.9 Å². The number of unbranched alkanes of at least 4 members (excludes halogenated alkanes) is 5. The van der Waals surface area contributed by atoms with Gasteiger partial charge in [-0.1, -0.05) is 12.8 Å². The van der Waals surface area contributed by atoms with E-state index in [4.69, 9.17) is 16.2 Å². The monoisotopic (exact) mass is 202 g/mol. The Kier molecular flexibility index (Phi) is 12.8. The zero-order valence-corrected chi connectivity index (χ0v) is 9.34. The molecule has 0 radical (unpaired) electrons. The molecule has 4 N–H and O–H groups in total. The van der Waals surface area contributed by atoms with Gasteiger partial charge < -0.3 is 16.2 Å². The van der Waals surface area contributed by atoms with Gasteiger partial charge in [0.05, 0.1) is 0 Å². The highest BCUT2D eigenvalue weighted by Gasteiger charge is 1.91. The Balaban J connectivity index is 2.78. The number of hydrogen-bond acceptors (Lipinski definition) is 3. The second kappa shape index (κ2) is 12.9. The molecule has 0 aliphatic heterocycles. The molecule has 0 aliphatic rings. The minimum atomic E-state index is 0.805. The first kappa shape index (κ1) is 13.9. The van der Waals surface area contributed by atoms with Crippen LogP contribution in [-0.4, -0.2) is 26.3 Å². The molecule has 0 aromatic heterocycles. The molecule has 0 aliphatic carbocycles. The summed E-state index contributed by atoms with van der Waals surface area (Å²) in [7, 11) is 0. The molecule has 3 heteroatoms. The smallest absolute Gasteiger partial charge is 0.0466 e. The van der Waals surface area contributed by atoms with Crippen LogP contribution in [-0.2, 0) is 4.74 Å². The summed E-state index contributed by atoms with van der Waals surface area (Å²) in [6.45, 7) is 3.43. The Morgan fingerprint density at radius 3 is 1.50 bits per heavy atom. The maximum absolute atomic E-state index is 5.49. The lowest BCUT2D eigenvalue weighted by atomic mass is 10.2. The van der Waals surface area contributed by atoms with E-state index in [9.17, 15) is 0 Å². The van der Waals surface area contributed by atoms with Crippen LogP contribution in [0.3, 0.4) is 0 Å². The minimum Gasteiger partial charge on any atom is -0.381 e. The lowest BCUT2D eigenvalue weighted by Crippen LogP contribution is -2.01. The second-order valence-corrected chi connectivity index (χ2v) is 3.66. The van der Waals surface area contributed by atoms with Crippen molar-refractivity contribution in [3.8, 4) is 0 Å². The zero-order valence-electron chi connectivity index (χ0n) is 9.34. The predicted octanol–water partition coefficient (Wildman–Crippen LogP) is 1.65. The molecule has 0 spiro atoms. The molecule has 0 aromatic carbocycles. The maximum atomic E-state index is 5.49. The van der Waals surface area contributed by atoms with Gasteiger partial charge in [0.15, 0.2) is 0 Å². The zero-order chi connectivity index (χ0) is 10.5. The molecule has 0 fully saturated rings. The third-order valence-electron chi connectivity index (χ3n) is 2.24. The first-order valence-corrected chi connectivity index (χ1v) is 5.89.